The van der Waals surface area contributed by atoms with E-state index in [1.54, 1.807) is 0 Å². The van der Waals surface area contributed by atoms with E-state index < -0.39 is 5.60 Å². The largest absolute Gasteiger partial charge is 0.488 e. The van der Waals surface area contributed by atoms with Gasteiger partial charge in [-0.15, -0.1) is 0 Å². The molecule has 0 radical (unpaired) electrons. The van der Waals surface area contributed by atoms with Crippen LogP contribution in [0.1, 0.15) is 48.9 Å². The molecule has 2 aromatic rings. The third-order valence-electron chi connectivity index (χ3n) is 4.20. The number of rotatable bonds is 4. The molecule has 0 heterocycles. The van der Waals surface area contributed by atoms with Gasteiger partial charge in [-0.2, -0.15) is 0 Å². The van der Waals surface area contributed by atoms with E-state index in [2.05, 4.69) is 38.1 Å². The van der Waals surface area contributed by atoms with E-state index >= 15 is 0 Å². The first-order valence-electron chi connectivity index (χ1n) is 7.54. The zero-order valence-corrected chi connectivity index (χ0v) is 12.9. The predicted molar refractivity (Wildman–Crippen MR) is 84.6 cm³/mol. The lowest BCUT2D eigenvalue weighted by Gasteiger charge is -2.39. The molecule has 0 spiro atoms. The molecule has 0 bridgehead atoms. The first-order valence-corrected chi connectivity index (χ1v) is 7.54. The summed E-state index contributed by atoms with van der Waals surface area (Å²) < 4.78 is 6.12. The molecule has 2 heteroatoms. The summed E-state index contributed by atoms with van der Waals surface area (Å²) in [4.78, 5) is 0. The Morgan fingerprint density at radius 2 is 1.86 bits per heavy atom. The average molecular weight is 282 g/mol. The number of hydrogen-bond acceptors (Lipinski definition) is 2. The molecule has 2 nitrogen and oxygen atoms in total. The third-order valence-corrected chi connectivity index (χ3v) is 4.20. The maximum atomic E-state index is 10.5. The van der Waals surface area contributed by atoms with Crippen LogP contribution in [0.25, 0.3) is 0 Å². The molecule has 21 heavy (non-hydrogen) atoms. The molecule has 0 aromatic heterocycles. The summed E-state index contributed by atoms with van der Waals surface area (Å²) in [7, 11) is 0. The van der Waals surface area contributed by atoms with Crippen molar-refractivity contribution in [2.45, 2.75) is 45.3 Å². The Bertz CT molecular complexity index is 642. The van der Waals surface area contributed by atoms with Gasteiger partial charge in [-0.3, -0.25) is 0 Å². The molecule has 1 atom stereocenters. The maximum Gasteiger partial charge on any atom is 0.129 e. The first-order chi connectivity index (χ1) is 9.99. The van der Waals surface area contributed by atoms with E-state index in [9.17, 15) is 5.11 Å². The van der Waals surface area contributed by atoms with Gasteiger partial charge in [0.15, 0.2) is 0 Å². The summed E-state index contributed by atoms with van der Waals surface area (Å²) in [5.41, 5.74) is 3.73. The quantitative estimate of drug-likeness (QED) is 0.912. The Hall–Kier alpha value is -1.80. The van der Waals surface area contributed by atoms with Crippen molar-refractivity contribution in [1.29, 1.82) is 0 Å². The predicted octanol–water partition coefficient (Wildman–Crippen LogP) is 4.15. The number of aliphatic hydroxyl groups is 1. The minimum Gasteiger partial charge on any atom is -0.488 e. The molecule has 1 aliphatic carbocycles. The van der Waals surface area contributed by atoms with Gasteiger partial charge in [0.25, 0.3) is 0 Å². The van der Waals surface area contributed by atoms with E-state index in [1.165, 1.54) is 11.1 Å². The zero-order valence-electron chi connectivity index (χ0n) is 12.9. The van der Waals surface area contributed by atoms with Gasteiger partial charge in [-0.25, -0.2) is 0 Å². The molecular weight excluding hydrogens is 260 g/mol. The first kappa shape index (κ1) is 14.2. The van der Waals surface area contributed by atoms with Gasteiger partial charge in [0.05, 0.1) is 5.60 Å². The van der Waals surface area contributed by atoms with Gasteiger partial charge in [-0.05, 0) is 29.5 Å². The third kappa shape index (κ3) is 2.56. The highest BCUT2D eigenvalue weighted by Crippen LogP contribution is 2.47. The standard InChI is InChI=1S/C19H22O2/c1-13(2)16-10-9-15-11-19(3,20)17(15)18(16)21-12-14-7-5-4-6-8-14/h4-10,13,20H,11-12H2,1-3H3. The summed E-state index contributed by atoms with van der Waals surface area (Å²) in [6.45, 7) is 6.72. The van der Waals surface area contributed by atoms with Crippen molar-refractivity contribution in [3.63, 3.8) is 0 Å². The fourth-order valence-corrected chi connectivity index (χ4v) is 3.07. The lowest BCUT2D eigenvalue weighted by atomic mass is 9.72. The Labute approximate surface area is 126 Å². The molecule has 0 amide bonds. The number of benzene rings is 2. The molecule has 110 valence electrons. The van der Waals surface area contributed by atoms with Gasteiger partial charge < -0.3 is 9.84 Å². The zero-order chi connectivity index (χ0) is 15.0. The molecule has 1 unspecified atom stereocenters. The van der Waals surface area contributed by atoms with Crippen molar-refractivity contribution < 1.29 is 9.84 Å². The summed E-state index contributed by atoms with van der Waals surface area (Å²) in [6, 6.07) is 14.4. The van der Waals surface area contributed by atoms with Crippen molar-refractivity contribution >= 4 is 0 Å². The van der Waals surface area contributed by atoms with Crippen LogP contribution < -0.4 is 4.74 Å². The maximum absolute atomic E-state index is 10.5. The van der Waals surface area contributed by atoms with Crippen LogP contribution in [0.15, 0.2) is 42.5 Å². The minimum atomic E-state index is -0.758. The second kappa shape index (κ2) is 5.19. The normalized spacial score (nSPS) is 20.0. The van der Waals surface area contributed by atoms with Crippen LogP contribution in [0.2, 0.25) is 0 Å². The SMILES string of the molecule is CC(C)c1ccc2c(c1OCc1ccccc1)C(C)(O)C2. The number of fused-ring (bicyclic) bond motifs is 1. The molecule has 1 aliphatic rings. The van der Waals surface area contributed by atoms with E-state index in [4.69, 9.17) is 4.74 Å². The summed E-state index contributed by atoms with van der Waals surface area (Å²) in [5.74, 6) is 1.25. The molecular formula is C19H22O2. The smallest absolute Gasteiger partial charge is 0.129 e. The van der Waals surface area contributed by atoms with Gasteiger partial charge in [0, 0.05) is 12.0 Å². The van der Waals surface area contributed by atoms with Crippen LogP contribution in [-0.2, 0) is 18.6 Å². The molecule has 0 fully saturated rings. The Kier molecular flexibility index (Phi) is 3.50. The molecule has 0 saturated heterocycles. The van der Waals surface area contributed by atoms with Gasteiger partial charge in [0.2, 0.25) is 0 Å². The summed E-state index contributed by atoms with van der Waals surface area (Å²) in [5, 5.41) is 10.5. The second-order valence-electron chi connectivity index (χ2n) is 6.40. The van der Waals surface area contributed by atoms with Crippen molar-refractivity contribution in [3.05, 3.63) is 64.7 Å². The van der Waals surface area contributed by atoms with E-state index in [-0.39, 0.29) is 0 Å². The van der Waals surface area contributed by atoms with Crippen LogP contribution in [0.3, 0.4) is 0 Å². The van der Waals surface area contributed by atoms with Crippen molar-refractivity contribution in [1.82, 2.24) is 0 Å². The highest BCUT2D eigenvalue weighted by Gasteiger charge is 2.40. The van der Waals surface area contributed by atoms with Gasteiger partial charge in [-0.1, -0.05) is 56.3 Å². The van der Waals surface area contributed by atoms with Crippen molar-refractivity contribution in [2.24, 2.45) is 0 Å². The molecule has 3 rings (SSSR count). The monoisotopic (exact) mass is 282 g/mol. The highest BCUT2D eigenvalue weighted by atomic mass is 16.5. The van der Waals surface area contributed by atoms with Gasteiger partial charge >= 0.3 is 0 Å². The van der Waals surface area contributed by atoms with Crippen LogP contribution >= 0.6 is 0 Å². The van der Waals surface area contributed by atoms with Gasteiger partial charge in [0.1, 0.15) is 12.4 Å². The summed E-state index contributed by atoms with van der Waals surface area (Å²) >= 11 is 0. The lowest BCUT2D eigenvalue weighted by molar-refractivity contribution is 0.0285. The fourth-order valence-electron chi connectivity index (χ4n) is 3.07. The van der Waals surface area contributed by atoms with E-state index in [0.717, 1.165) is 16.9 Å². The van der Waals surface area contributed by atoms with Crippen LogP contribution in [0, 0.1) is 0 Å². The topological polar surface area (TPSA) is 29.5 Å². The Morgan fingerprint density at radius 3 is 2.48 bits per heavy atom. The highest BCUT2D eigenvalue weighted by molar-refractivity contribution is 5.56. The molecule has 1 N–H and O–H groups in total. The van der Waals surface area contributed by atoms with Crippen LogP contribution in [0.4, 0.5) is 0 Å². The molecule has 0 saturated carbocycles. The van der Waals surface area contributed by atoms with Crippen molar-refractivity contribution in [3.8, 4) is 5.75 Å². The average Bonchev–Trinajstić information content (AvgIpc) is 2.44. The Balaban J connectivity index is 1.94. The van der Waals surface area contributed by atoms with Crippen LogP contribution in [0.5, 0.6) is 5.75 Å². The summed E-state index contributed by atoms with van der Waals surface area (Å²) in [6.07, 6.45) is 0.711. The minimum absolute atomic E-state index is 0.373. The fraction of sp³-hybridized carbons (Fsp3) is 0.368. The Morgan fingerprint density at radius 1 is 1.14 bits per heavy atom. The lowest BCUT2D eigenvalue weighted by Crippen LogP contribution is -2.36. The van der Waals surface area contributed by atoms with Crippen LogP contribution in [-0.4, -0.2) is 5.11 Å². The number of hydrogen-bond donors (Lipinski definition) is 1. The van der Waals surface area contributed by atoms with E-state index in [1.807, 2.05) is 25.1 Å². The number of ether oxygens (including phenoxy) is 1. The second-order valence-corrected chi connectivity index (χ2v) is 6.40. The van der Waals surface area contributed by atoms with E-state index in [0.29, 0.717) is 18.9 Å². The molecule has 2 aromatic carbocycles. The molecule has 0 aliphatic heterocycles. The van der Waals surface area contributed by atoms with Crippen molar-refractivity contribution in [2.75, 3.05) is 0 Å².